The number of anilines is 1. The van der Waals surface area contributed by atoms with Gasteiger partial charge in [-0.05, 0) is 24.3 Å². The van der Waals surface area contributed by atoms with E-state index in [0.29, 0.717) is 5.69 Å². The number of rotatable bonds is 4. The van der Waals surface area contributed by atoms with Gasteiger partial charge in [0.2, 0.25) is 5.91 Å². The van der Waals surface area contributed by atoms with E-state index in [0.717, 1.165) is 5.69 Å². The highest BCUT2D eigenvalue weighted by Gasteiger charge is 2.12. The number of benzene rings is 2. The van der Waals surface area contributed by atoms with E-state index in [1.54, 1.807) is 31.2 Å². The molecule has 2 rings (SSSR count). The lowest BCUT2D eigenvalue weighted by Crippen LogP contribution is -2.39. The fourth-order valence-corrected chi connectivity index (χ4v) is 2.10. The molecule has 0 spiro atoms. The van der Waals surface area contributed by atoms with Crippen LogP contribution in [0.5, 0.6) is 0 Å². The minimum absolute atomic E-state index is 0.154. The number of hydrogen-bond acceptors (Lipinski definition) is 3. The molecule has 118 valence electrons. The molecule has 0 aliphatic carbocycles. The summed E-state index contributed by atoms with van der Waals surface area (Å²) in [6, 6.07) is 18.8. The fraction of sp³-hybridized carbons (Fsp3) is 0.188. The molecule has 0 bridgehead atoms. The molecule has 0 saturated carbocycles. The van der Waals surface area contributed by atoms with Crippen LogP contribution in [-0.4, -0.2) is 20.4 Å². The lowest BCUT2D eigenvalue weighted by atomic mass is 10.2. The van der Waals surface area contributed by atoms with Gasteiger partial charge in [0, 0.05) is 17.4 Å². The third-order valence-electron chi connectivity index (χ3n) is 2.72. The molecular formula is C16H20N2O3S. The minimum atomic E-state index is -2.19. The second kappa shape index (κ2) is 9.83. The highest BCUT2D eigenvalue weighted by molar-refractivity contribution is 7.79. The Morgan fingerprint density at radius 2 is 1.64 bits per heavy atom. The van der Waals surface area contributed by atoms with Crippen LogP contribution >= 0.6 is 0 Å². The van der Waals surface area contributed by atoms with Crippen LogP contribution in [0.15, 0.2) is 60.7 Å². The van der Waals surface area contributed by atoms with Crippen LogP contribution < -0.4 is 11.1 Å². The van der Waals surface area contributed by atoms with E-state index >= 15 is 0 Å². The maximum Gasteiger partial charge on any atom is 0.228 e. The first-order valence-corrected chi connectivity index (χ1v) is 8.02. The topological polar surface area (TPSA) is 96.9 Å². The standard InChI is InChI=1S/C10H13NO3S.C6H7N/c1-8(7-15(13)14)10(12)11-9-5-3-2-4-6-9;7-6-4-2-1-3-5-6/h2-6,8H,7H2,1H3,(H,11,12)(H,13,14);1-5H,7H2. The average molecular weight is 320 g/mol. The lowest BCUT2D eigenvalue weighted by Gasteiger charge is -2.13. The molecule has 0 fully saturated rings. The van der Waals surface area contributed by atoms with Crippen LogP contribution in [0.2, 0.25) is 0 Å². The Morgan fingerprint density at radius 1 is 1.14 bits per heavy atom. The SMILES string of the molecule is CC(CS(=O)[O-])C(=O)Nc1ccccc1.[NH3+]c1ccccc1. The van der Waals surface area contributed by atoms with Gasteiger partial charge in [0.15, 0.2) is 0 Å². The van der Waals surface area contributed by atoms with E-state index in [2.05, 4.69) is 11.1 Å². The van der Waals surface area contributed by atoms with Crippen molar-refractivity contribution in [2.75, 3.05) is 11.1 Å². The minimum Gasteiger partial charge on any atom is -0.772 e. The summed E-state index contributed by atoms with van der Waals surface area (Å²) in [6.07, 6.45) is 0. The van der Waals surface area contributed by atoms with E-state index in [1.165, 1.54) is 0 Å². The molecule has 0 saturated heterocycles. The number of quaternary nitrogens is 1. The van der Waals surface area contributed by atoms with Gasteiger partial charge < -0.3 is 15.6 Å². The average Bonchev–Trinajstić information content (AvgIpc) is 2.49. The predicted octanol–water partition coefficient (Wildman–Crippen LogP) is 1.70. The molecule has 22 heavy (non-hydrogen) atoms. The zero-order chi connectivity index (χ0) is 16.4. The fourth-order valence-electron chi connectivity index (χ4n) is 1.54. The predicted molar refractivity (Wildman–Crippen MR) is 87.0 cm³/mol. The molecule has 0 heterocycles. The number of carbonyl (C=O) groups is 1. The van der Waals surface area contributed by atoms with Crippen LogP contribution in [-0.2, 0) is 15.9 Å². The van der Waals surface area contributed by atoms with E-state index in [9.17, 15) is 13.6 Å². The summed E-state index contributed by atoms with van der Waals surface area (Å²) in [4.78, 5) is 11.5. The second-order valence-electron chi connectivity index (χ2n) is 4.71. The number of amides is 1. The van der Waals surface area contributed by atoms with E-state index in [4.69, 9.17) is 0 Å². The first kappa shape index (κ1) is 18.0. The third-order valence-corrected chi connectivity index (χ3v) is 3.49. The first-order chi connectivity index (χ1) is 10.5. The zero-order valence-corrected chi connectivity index (χ0v) is 13.2. The van der Waals surface area contributed by atoms with Crippen molar-refractivity contribution in [1.82, 2.24) is 0 Å². The van der Waals surface area contributed by atoms with E-state index in [1.807, 2.05) is 36.4 Å². The van der Waals surface area contributed by atoms with Gasteiger partial charge in [-0.2, -0.15) is 0 Å². The molecule has 4 N–H and O–H groups in total. The van der Waals surface area contributed by atoms with Crippen molar-refractivity contribution in [3.05, 3.63) is 60.7 Å². The Balaban J connectivity index is 0.000000287. The molecule has 1 amide bonds. The summed E-state index contributed by atoms with van der Waals surface area (Å²) < 4.78 is 20.8. The largest absolute Gasteiger partial charge is 0.772 e. The summed E-state index contributed by atoms with van der Waals surface area (Å²) in [5.74, 6) is -0.979. The van der Waals surface area contributed by atoms with Crippen LogP contribution in [0, 0.1) is 5.92 Å². The molecule has 0 radical (unpaired) electrons. The van der Waals surface area contributed by atoms with Crippen molar-refractivity contribution in [1.29, 1.82) is 0 Å². The quantitative estimate of drug-likeness (QED) is 0.839. The van der Waals surface area contributed by atoms with Crippen molar-refractivity contribution < 1.29 is 19.3 Å². The van der Waals surface area contributed by atoms with Gasteiger partial charge in [0.1, 0.15) is 5.69 Å². The number of hydrogen-bond donors (Lipinski definition) is 2. The van der Waals surface area contributed by atoms with E-state index in [-0.39, 0.29) is 11.7 Å². The van der Waals surface area contributed by atoms with Gasteiger partial charge >= 0.3 is 0 Å². The number of carbonyl (C=O) groups excluding carboxylic acids is 1. The highest BCUT2D eigenvalue weighted by Crippen LogP contribution is 2.08. The Kier molecular flexibility index (Phi) is 8.06. The summed E-state index contributed by atoms with van der Waals surface area (Å²) >= 11 is -2.19. The summed E-state index contributed by atoms with van der Waals surface area (Å²) in [7, 11) is 0. The summed E-state index contributed by atoms with van der Waals surface area (Å²) in [5, 5.41) is 2.63. The molecule has 0 aromatic heterocycles. The summed E-state index contributed by atoms with van der Waals surface area (Å²) in [6.45, 7) is 1.58. The Bertz CT molecular complexity index is 591. The first-order valence-electron chi connectivity index (χ1n) is 6.78. The van der Waals surface area contributed by atoms with Gasteiger partial charge in [0.25, 0.3) is 0 Å². The lowest BCUT2D eigenvalue weighted by molar-refractivity contribution is -0.254. The van der Waals surface area contributed by atoms with Crippen LogP contribution in [0.4, 0.5) is 11.4 Å². The third kappa shape index (κ3) is 7.68. The molecular weight excluding hydrogens is 300 g/mol. The monoisotopic (exact) mass is 320 g/mol. The van der Waals surface area contributed by atoms with Crippen molar-refractivity contribution in [2.24, 2.45) is 5.92 Å². The van der Waals surface area contributed by atoms with Crippen LogP contribution in [0.3, 0.4) is 0 Å². The van der Waals surface area contributed by atoms with Crippen molar-refractivity contribution >= 4 is 28.4 Å². The molecule has 0 aliphatic rings. The summed E-state index contributed by atoms with van der Waals surface area (Å²) in [5.41, 5.74) is 5.46. The van der Waals surface area contributed by atoms with Crippen LogP contribution in [0.1, 0.15) is 6.92 Å². The maximum absolute atomic E-state index is 11.5. The zero-order valence-electron chi connectivity index (χ0n) is 12.4. The molecule has 2 aromatic rings. The van der Waals surface area contributed by atoms with Gasteiger partial charge in [0.05, 0.1) is 0 Å². The highest BCUT2D eigenvalue weighted by atomic mass is 32.2. The Morgan fingerprint density at radius 3 is 2.05 bits per heavy atom. The molecule has 5 nitrogen and oxygen atoms in total. The van der Waals surface area contributed by atoms with E-state index < -0.39 is 17.0 Å². The molecule has 2 atom stereocenters. The van der Waals surface area contributed by atoms with Gasteiger partial charge in [-0.25, -0.2) is 0 Å². The Hall–Kier alpha value is -2.02. The molecule has 2 unspecified atom stereocenters. The molecule has 2 aromatic carbocycles. The van der Waals surface area contributed by atoms with Crippen molar-refractivity contribution in [3.8, 4) is 0 Å². The van der Waals surface area contributed by atoms with Crippen molar-refractivity contribution in [2.45, 2.75) is 6.92 Å². The smallest absolute Gasteiger partial charge is 0.228 e. The molecule has 6 heteroatoms. The normalized spacial score (nSPS) is 12.5. The molecule has 0 aliphatic heterocycles. The Labute approximate surface area is 132 Å². The van der Waals surface area contributed by atoms with Crippen molar-refractivity contribution in [3.63, 3.8) is 0 Å². The van der Waals surface area contributed by atoms with Gasteiger partial charge in [-0.15, -0.1) is 0 Å². The number of para-hydroxylation sites is 1. The number of nitrogens with one attached hydrogen (secondary N) is 1. The van der Waals surface area contributed by atoms with Gasteiger partial charge in [-0.3, -0.25) is 9.00 Å². The second-order valence-corrected chi connectivity index (χ2v) is 5.65. The van der Waals surface area contributed by atoms with Gasteiger partial charge in [-0.1, -0.05) is 54.4 Å². The maximum atomic E-state index is 11.5. The van der Waals surface area contributed by atoms with Crippen LogP contribution in [0.25, 0.3) is 0 Å².